The molecule has 104 valence electrons. The van der Waals surface area contributed by atoms with Gasteiger partial charge in [0.15, 0.2) is 0 Å². The molecule has 0 saturated heterocycles. The zero-order valence-corrected chi connectivity index (χ0v) is 11.6. The summed E-state index contributed by atoms with van der Waals surface area (Å²) in [6.07, 6.45) is 0.149. The minimum atomic E-state index is -0.412. The van der Waals surface area contributed by atoms with Crippen LogP contribution in [0.25, 0.3) is 0 Å². The smallest absolute Gasteiger partial charge is 0.146 e. The van der Waals surface area contributed by atoms with Crippen LogP contribution in [0.4, 0.5) is 4.39 Å². The molecule has 0 aliphatic rings. The first-order valence-electron chi connectivity index (χ1n) is 6.33. The van der Waals surface area contributed by atoms with Crippen molar-refractivity contribution in [3.8, 4) is 0 Å². The quantitative estimate of drug-likeness (QED) is 0.918. The van der Waals surface area contributed by atoms with Gasteiger partial charge in [-0.25, -0.2) is 4.39 Å². The molecule has 1 unspecified atom stereocenters. The van der Waals surface area contributed by atoms with E-state index in [9.17, 15) is 9.18 Å². The van der Waals surface area contributed by atoms with Gasteiger partial charge in [0.05, 0.1) is 5.92 Å². The van der Waals surface area contributed by atoms with Crippen LogP contribution in [0.15, 0.2) is 48.5 Å². The first-order valence-corrected chi connectivity index (χ1v) is 6.71. The zero-order chi connectivity index (χ0) is 14.5. The molecule has 0 aliphatic heterocycles. The van der Waals surface area contributed by atoms with E-state index in [4.69, 9.17) is 17.3 Å². The van der Waals surface area contributed by atoms with E-state index >= 15 is 0 Å². The summed E-state index contributed by atoms with van der Waals surface area (Å²) in [6, 6.07) is 13.4. The zero-order valence-electron chi connectivity index (χ0n) is 10.9. The van der Waals surface area contributed by atoms with Gasteiger partial charge in [-0.05, 0) is 23.3 Å². The van der Waals surface area contributed by atoms with Crippen LogP contribution in [0.3, 0.4) is 0 Å². The molecule has 0 amide bonds. The van der Waals surface area contributed by atoms with Crippen LogP contribution in [0.2, 0.25) is 5.02 Å². The Morgan fingerprint density at radius 2 is 1.90 bits per heavy atom. The highest BCUT2D eigenvalue weighted by molar-refractivity contribution is 6.31. The molecule has 0 radical (unpaired) electrons. The molecular weight excluding hydrogens is 277 g/mol. The Morgan fingerprint density at radius 1 is 1.20 bits per heavy atom. The van der Waals surface area contributed by atoms with Crippen molar-refractivity contribution in [2.75, 3.05) is 6.54 Å². The summed E-state index contributed by atoms with van der Waals surface area (Å²) in [7, 11) is 0. The average Bonchev–Trinajstić information content (AvgIpc) is 2.44. The number of hydrogen-bond acceptors (Lipinski definition) is 2. The van der Waals surface area contributed by atoms with E-state index in [0.29, 0.717) is 5.56 Å². The van der Waals surface area contributed by atoms with Gasteiger partial charge >= 0.3 is 0 Å². The predicted molar refractivity (Wildman–Crippen MR) is 78.4 cm³/mol. The lowest BCUT2D eigenvalue weighted by Crippen LogP contribution is -2.23. The van der Waals surface area contributed by atoms with Gasteiger partial charge in [-0.1, -0.05) is 48.0 Å². The minimum absolute atomic E-state index is 0.0211. The Labute approximate surface area is 122 Å². The summed E-state index contributed by atoms with van der Waals surface area (Å²) in [4.78, 5) is 12.3. The molecule has 0 fully saturated rings. The minimum Gasteiger partial charge on any atom is -0.329 e. The van der Waals surface area contributed by atoms with Crippen LogP contribution in [0.5, 0.6) is 0 Å². The van der Waals surface area contributed by atoms with Gasteiger partial charge in [0.2, 0.25) is 0 Å². The Kier molecular flexibility index (Phi) is 4.88. The Morgan fingerprint density at radius 3 is 2.50 bits per heavy atom. The van der Waals surface area contributed by atoms with Crippen molar-refractivity contribution in [1.82, 2.24) is 0 Å². The summed E-state index contributed by atoms with van der Waals surface area (Å²) in [5.41, 5.74) is 7.21. The molecular formula is C16H15ClFNO. The summed E-state index contributed by atoms with van der Waals surface area (Å²) < 4.78 is 13.0. The van der Waals surface area contributed by atoms with Gasteiger partial charge < -0.3 is 5.73 Å². The lowest BCUT2D eigenvalue weighted by Gasteiger charge is -2.14. The SMILES string of the molecule is NCC(C(=O)Cc1ccc(F)cc1Cl)c1ccccc1. The van der Waals surface area contributed by atoms with Crippen LogP contribution in [-0.2, 0) is 11.2 Å². The fraction of sp³-hybridized carbons (Fsp3) is 0.188. The standard InChI is InChI=1S/C16H15ClFNO/c17-15-9-13(18)7-6-12(15)8-16(20)14(10-19)11-4-2-1-3-5-11/h1-7,9,14H,8,10,19H2. The summed E-state index contributed by atoms with van der Waals surface area (Å²) in [5.74, 6) is -0.797. The number of rotatable bonds is 5. The molecule has 0 aromatic heterocycles. The van der Waals surface area contributed by atoms with Crippen molar-refractivity contribution < 1.29 is 9.18 Å². The third-order valence-corrected chi connectivity index (χ3v) is 3.56. The van der Waals surface area contributed by atoms with Crippen LogP contribution in [0, 0.1) is 5.82 Å². The molecule has 0 heterocycles. The lowest BCUT2D eigenvalue weighted by atomic mass is 9.91. The van der Waals surface area contributed by atoms with Crippen molar-refractivity contribution in [3.63, 3.8) is 0 Å². The molecule has 0 saturated carbocycles. The highest BCUT2D eigenvalue weighted by Crippen LogP contribution is 2.22. The number of halogens is 2. The first-order chi connectivity index (χ1) is 9.61. The molecule has 2 nitrogen and oxygen atoms in total. The van der Waals surface area contributed by atoms with Crippen molar-refractivity contribution >= 4 is 17.4 Å². The highest BCUT2D eigenvalue weighted by atomic mass is 35.5. The molecule has 20 heavy (non-hydrogen) atoms. The van der Waals surface area contributed by atoms with Crippen molar-refractivity contribution in [2.45, 2.75) is 12.3 Å². The summed E-state index contributed by atoms with van der Waals surface area (Å²) in [6.45, 7) is 0.238. The molecule has 2 N–H and O–H groups in total. The fourth-order valence-corrected chi connectivity index (χ4v) is 2.35. The molecule has 2 aromatic carbocycles. The lowest BCUT2D eigenvalue weighted by molar-refractivity contribution is -0.119. The topological polar surface area (TPSA) is 43.1 Å². The van der Waals surface area contributed by atoms with E-state index in [0.717, 1.165) is 5.56 Å². The van der Waals surface area contributed by atoms with E-state index in [-0.39, 0.29) is 29.7 Å². The van der Waals surface area contributed by atoms with Gasteiger partial charge in [-0.2, -0.15) is 0 Å². The molecule has 1 atom stereocenters. The number of nitrogens with two attached hydrogens (primary N) is 1. The van der Waals surface area contributed by atoms with Crippen LogP contribution in [0.1, 0.15) is 17.0 Å². The Bertz CT molecular complexity index is 601. The van der Waals surface area contributed by atoms with E-state index in [1.165, 1.54) is 18.2 Å². The number of benzene rings is 2. The molecule has 2 aromatic rings. The average molecular weight is 292 g/mol. The third-order valence-electron chi connectivity index (χ3n) is 3.21. The number of hydrogen-bond donors (Lipinski definition) is 1. The maximum Gasteiger partial charge on any atom is 0.146 e. The monoisotopic (exact) mass is 291 g/mol. The van der Waals surface area contributed by atoms with Gasteiger partial charge in [-0.3, -0.25) is 4.79 Å². The second-order valence-corrected chi connectivity index (χ2v) is 4.98. The molecule has 2 rings (SSSR count). The molecule has 4 heteroatoms. The first kappa shape index (κ1) is 14.7. The second kappa shape index (κ2) is 6.64. The summed E-state index contributed by atoms with van der Waals surface area (Å²) >= 11 is 5.94. The fourth-order valence-electron chi connectivity index (χ4n) is 2.11. The normalized spacial score (nSPS) is 12.2. The third kappa shape index (κ3) is 3.44. The van der Waals surface area contributed by atoms with Gasteiger partial charge in [0, 0.05) is 18.0 Å². The largest absolute Gasteiger partial charge is 0.329 e. The number of Topliss-reactive ketones (excluding diaryl/α,β-unsaturated/α-hetero) is 1. The van der Waals surface area contributed by atoms with Gasteiger partial charge in [0.1, 0.15) is 11.6 Å². The van der Waals surface area contributed by atoms with Crippen LogP contribution < -0.4 is 5.73 Å². The van der Waals surface area contributed by atoms with E-state index < -0.39 is 5.82 Å². The second-order valence-electron chi connectivity index (χ2n) is 4.58. The van der Waals surface area contributed by atoms with E-state index in [1.54, 1.807) is 0 Å². The van der Waals surface area contributed by atoms with Crippen LogP contribution >= 0.6 is 11.6 Å². The van der Waals surface area contributed by atoms with Gasteiger partial charge in [0.25, 0.3) is 0 Å². The maximum absolute atomic E-state index is 13.0. The van der Waals surface area contributed by atoms with Crippen LogP contribution in [-0.4, -0.2) is 12.3 Å². The highest BCUT2D eigenvalue weighted by Gasteiger charge is 2.20. The summed E-state index contributed by atoms with van der Waals surface area (Å²) in [5, 5.41) is 0.266. The number of carbonyl (C=O) groups is 1. The van der Waals surface area contributed by atoms with E-state index in [2.05, 4.69) is 0 Å². The maximum atomic E-state index is 13.0. The number of ketones is 1. The Hall–Kier alpha value is -1.71. The molecule has 0 aliphatic carbocycles. The Balaban J connectivity index is 2.18. The van der Waals surface area contributed by atoms with Gasteiger partial charge in [-0.15, -0.1) is 0 Å². The predicted octanol–water partition coefficient (Wildman–Crippen LogP) is 3.33. The number of carbonyl (C=O) groups excluding carboxylic acids is 1. The van der Waals surface area contributed by atoms with Crippen molar-refractivity contribution in [1.29, 1.82) is 0 Å². The molecule has 0 bridgehead atoms. The molecule has 0 spiro atoms. The van der Waals surface area contributed by atoms with Crippen molar-refractivity contribution in [3.05, 3.63) is 70.5 Å². The van der Waals surface area contributed by atoms with E-state index in [1.807, 2.05) is 30.3 Å². The van der Waals surface area contributed by atoms with Crippen molar-refractivity contribution in [2.24, 2.45) is 5.73 Å².